The van der Waals surface area contributed by atoms with Crippen LogP contribution in [0.3, 0.4) is 0 Å². The fraction of sp³-hybridized carbons (Fsp3) is 0.227. The number of carboxylic acid groups (broad SMARTS) is 1. The number of aromatic carboxylic acids is 1. The Morgan fingerprint density at radius 3 is 2.44 bits per heavy atom. The smallest absolute Gasteiger partial charge is 0.416 e. The zero-order chi connectivity index (χ0) is 23.0. The molecule has 4 aromatic rings. The molecule has 3 aromatic heterocycles. The Morgan fingerprint density at radius 2 is 1.81 bits per heavy atom. The van der Waals surface area contributed by atoms with E-state index in [1.807, 2.05) is 26.0 Å². The minimum atomic E-state index is -4.42. The van der Waals surface area contributed by atoms with Crippen LogP contribution >= 0.6 is 0 Å². The van der Waals surface area contributed by atoms with Crippen molar-refractivity contribution in [3.8, 4) is 11.5 Å². The first-order valence-electron chi connectivity index (χ1n) is 9.72. The van der Waals surface area contributed by atoms with Crippen LogP contribution in [0.4, 0.5) is 13.2 Å². The molecular formula is C22H18F3N5O2. The average Bonchev–Trinajstić information content (AvgIpc) is 3.11. The van der Waals surface area contributed by atoms with Gasteiger partial charge in [0.1, 0.15) is 11.2 Å². The Hall–Kier alpha value is -3.82. The Balaban J connectivity index is 1.84. The number of imidazole rings is 1. The van der Waals surface area contributed by atoms with E-state index in [0.29, 0.717) is 22.6 Å². The molecule has 32 heavy (non-hydrogen) atoms. The Kier molecular flexibility index (Phi) is 5.37. The molecule has 3 heterocycles. The van der Waals surface area contributed by atoms with Gasteiger partial charge in [0.25, 0.3) is 0 Å². The molecule has 0 saturated heterocycles. The van der Waals surface area contributed by atoms with Crippen molar-refractivity contribution < 1.29 is 23.1 Å². The van der Waals surface area contributed by atoms with Gasteiger partial charge in [0, 0.05) is 12.7 Å². The van der Waals surface area contributed by atoms with E-state index in [-0.39, 0.29) is 18.1 Å². The van der Waals surface area contributed by atoms with Gasteiger partial charge in [-0.1, -0.05) is 26.0 Å². The number of carbonyl (C=O) groups is 1. The molecule has 0 amide bonds. The van der Waals surface area contributed by atoms with Crippen molar-refractivity contribution >= 4 is 17.1 Å². The molecule has 10 heteroatoms. The summed E-state index contributed by atoms with van der Waals surface area (Å²) in [6, 6.07) is 8.58. The first kappa shape index (κ1) is 21.4. The van der Waals surface area contributed by atoms with Gasteiger partial charge in [-0.15, -0.1) is 0 Å². The third-order valence-corrected chi connectivity index (χ3v) is 5.00. The lowest BCUT2D eigenvalue weighted by Crippen LogP contribution is -2.07. The third kappa shape index (κ3) is 4.16. The normalized spacial score (nSPS) is 11.9. The van der Waals surface area contributed by atoms with Crippen LogP contribution in [0, 0.1) is 0 Å². The number of aromatic nitrogens is 5. The molecule has 1 N–H and O–H groups in total. The molecule has 0 spiro atoms. The molecule has 4 rings (SSSR count). The number of nitrogens with zero attached hydrogens (tertiary/aromatic N) is 5. The van der Waals surface area contributed by atoms with Crippen molar-refractivity contribution in [1.29, 1.82) is 0 Å². The molecule has 0 bridgehead atoms. The molecule has 0 saturated carbocycles. The zero-order valence-corrected chi connectivity index (χ0v) is 17.1. The van der Waals surface area contributed by atoms with Gasteiger partial charge < -0.3 is 9.67 Å². The predicted octanol–water partition coefficient (Wildman–Crippen LogP) is 4.78. The van der Waals surface area contributed by atoms with E-state index < -0.39 is 23.5 Å². The van der Waals surface area contributed by atoms with Gasteiger partial charge in [0.05, 0.1) is 11.8 Å². The fourth-order valence-electron chi connectivity index (χ4n) is 3.28. The van der Waals surface area contributed by atoms with E-state index in [4.69, 9.17) is 0 Å². The largest absolute Gasteiger partial charge is 0.475 e. The second kappa shape index (κ2) is 8.03. The average molecular weight is 441 g/mol. The Morgan fingerprint density at radius 1 is 1.09 bits per heavy atom. The highest BCUT2D eigenvalue weighted by Gasteiger charge is 2.30. The summed E-state index contributed by atoms with van der Waals surface area (Å²) in [5.41, 5.74) is 2.04. The highest BCUT2D eigenvalue weighted by atomic mass is 19.4. The highest BCUT2D eigenvalue weighted by Crippen LogP contribution is 2.30. The minimum absolute atomic E-state index is 0.163. The van der Waals surface area contributed by atoms with E-state index >= 15 is 0 Å². The summed E-state index contributed by atoms with van der Waals surface area (Å²) in [5.74, 6) is -1.03. The predicted molar refractivity (Wildman–Crippen MR) is 110 cm³/mol. The van der Waals surface area contributed by atoms with Gasteiger partial charge in [0.2, 0.25) is 5.82 Å². The molecule has 0 fully saturated rings. The molecule has 0 aliphatic carbocycles. The molecule has 0 unspecified atom stereocenters. The van der Waals surface area contributed by atoms with E-state index in [0.717, 1.165) is 17.7 Å². The molecule has 7 nitrogen and oxygen atoms in total. The van der Waals surface area contributed by atoms with Gasteiger partial charge >= 0.3 is 12.1 Å². The van der Waals surface area contributed by atoms with Gasteiger partial charge in [-0.25, -0.2) is 19.7 Å². The summed E-state index contributed by atoms with van der Waals surface area (Å²) in [5, 5.41) is 9.20. The first-order chi connectivity index (χ1) is 15.1. The summed E-state index contributed by atoms with van der Waals surface area (Å²) in [6.45, 7) is 4.25. The molecule has 1 aromatic carbocycles. The number of hydrogen-bond acceptors (Lipinski definition) is 5. The lowest BCUT2D eigenvalue weighted by atomic mass is 10.0. The van der Waals surface area contributed by atoms with Crippen molar-refractivity contribution in [2.75, 3.05) is 0 Å². The molecule has 0 radical (unpaired) electrons. The second-order valence-corrected chi connectivity index (χ2v) is 7.55. The van der Waals surface area contributed by atoms with Crippen LogP contribution in [0.25, 0.3) is 22.7 Å². The quantitative estimate of drug-likeness (QED) is 0.479. The van der Waals surface area contributed by atoms with Crippen molar-refractivity contribution in [2.45, 2.75) is 32.5 Å². The van der Waals surface area contributed by atoms with E-state index in [1.54, 1.807) is 10.8 Å². The van der Waals surface area contributed by atoms with Crippen LogP contribution in [-0.4, -0.2) is 35.6 Å². The van der Waals surface area contributed by atoms with Crippen molar-refractivity contribution in [3.05, 3.63) is 71.3 Å². The summed E-state index contributed by atoms with van der Waals surface area (Å²) in [6.07, 6.45) is -1.42. The number of halogens is 3. The topological polar surface area (TPSA) is 93.8 Å². The number of rotatable bonds is 5. The molecule has 0 aliphatic heterocycles. The summed E-state index contributed by atoms with van der Waals surface area (Å²) in [7, 11) is 0. The van der Waals surface area contributed by atoms with E-state index in [2.05, 4.69) is 19.9 Å². The van der Waals surface area contributed by atoms with E-state index in [9.17, 15) is 23.1 Å². The molecule has 164 valence electrons. The van der Waals surface area contributed by atoms with Gasteiger partial charge in [0.15, 0.2) is 11.5 Å². The molecule has 0 atom stereocenters. The Bertz CT molecular complexity index is 1300. The SMILES string of the molecule is CC(C)c1ccnc(-c2nc3nc(C(=O)O)ncc3n2Cc2ccc(C(F)(F)F)cc2)c1. The van der Waals surface area contributed by atoms with Gasteiger partial charge in [-0.3, -0.25) is 4.98 Å². The van der Waals surface area contributed by atoms with Crippen LogP contribution in [-0.2, 0) is 12.7 Å². The van der Waals surface area contributed by atoms with Gasteiger partial charge in [-0.2, -0.15) is 13.2 Å². The number of fused-ring (bicyclic) bond motifs is 1. The van der Waals surface area contributed by atoms with Crippen molar-refractivity contribution in [2.24, 2.45) is 0 Å². The maximum absolute atomic E-state index is 12.9. The van der Waals surface area contributed by atoms with Crippen LogP contribution in [0.1, 0.15) is 47.1 Å². The standard InChI is InChI=1S/C22H18F3N5O2/c1-12(2)14-7-8-26-16(9-14)20-29-18-17(10-27-19(28-18)21(31)32)30(20)11-13-3-5-15(6-4-13)22(23,24)25/h3-10,12H,11H2,1-2H3,(H,31,32). The number of pyridine rings is 1. The maximum Gasteiger partial charge on any atom is 0.416 e. The minimum Gasteiger partial charge on any atom is -0.475 e. The fourth-order valence-corrected chi connectivity index (χ4v) is 3.28. The maximum atomic E-state index is 12.9. The lowest BCUT2D eigenvalue weighted by molar-refractivity contribution is -0.137. The summed E-state index contributed by atoms with van der Waals surface area (Å²) < 4.78 is 40.4. The van der Waals surface area contributed by atoms with Crippen LogP contribution in [0.5, 0.6) is 0 Å². The highest BCUT2D eigenvalue weighted by molar-refractivity contribution is 5.86. The third-order valence-electron chi connectivity index (χ3n) is 5.00. The second-order valence-electron chi connectivity index (χ2n) is 7.55. The number of hydrogen-bond donors (Lipinski definition) is 1. The van der Waals surface area contributed by atoms with Crippen LogP contribution < -0.4 is 0 Å². The zero-order valence-electron chi connectivity index (χ0n) is 17.1. The summed E-state index contributed by atoms with van der Waals surface area (Å²) >= 11 is 0. The van der Waals surface area contributed by atoms with Crippen LogP contribution in [0.2, 0.25) is 0 Å². The Labute approximate surface area is 180 Å². The van der Waals surface area contributed by atoms with Gasteiger partial charge in [-0.05, 0) is 41.3 Å². The van der Waals surface area contributed by atoms with Crippen molar-refractivity contribution in [3.63, 3.8) is 0 Å². The van der Waals surface area contributed by atoms with Crippen molar-refractivity contribution in [1.82, 2.24) is 24.5 Å². The first-order valence-corrected chi connectivity index (χ1v) is 9.72. The summed E-state index contributed by atoms with van der Waals surface area (Å²) in [4.78, 5) is 28.0. The lowest BCUT2D eigenvalue weighted by Gasteiger charge is -2.12. The number of alkyl halides is 3. The number of carboxylic acids is 1. The number of benzene rings is 1. The van der Waals surface area contributed by atoms with Crippen LogP contribution in [0.15, 0.2) is 48.8 Å². The molecule has 0 aliphatic rings. The van der Waals surface area contributed by atoms with E-state index in [1.165, 1.54) is 18.3 Å². The monoisotopic (exact) mass is 441 g/mol. The molecular weight excluding hydrogens is 423 g/mol.